The summed E-state index contributed by atoms with van der Waals surface area (Å²) >= 11 is 7.17. The number of carbonyl (C=O) groups excluding carboxylic acids is 1. The molecule has 0 aliphatic heterocycles. The molecule has 10 heteroatoms. The average Bonchev–Trinajstić information content (AvgIpc) is 2.91. The summed E-state index contributed by atoms with van der Waals surface area (Å²) in [4.78, 5) is 35.5. The predicted octanol–water partition coefficient (Wildman–Crippen LogP) is 5.96. The Bertz CT molecular complexity index is 1520. The van der Waals surface area contributed by atoms with Crippen LogP contribution in [0, 0.1) is 6.57 Å². The Morgan fingerprint density at radius 3 is 2.65 bits per heavy atom. The number of aromatic nitrogens is 2. The van der Waals surface area contributed by atoms with Crippen molar-refractivity contribution in [3.05, 3.63) is 105 Å². The second-order valence-electron chi connectivity index (χ2n) is 7.69. The summed E-state index contributed by atoms with van der Waals surface area (Å²) in [6, 6.07) is 21.2. The molecule has 0 atom stereocenters. The van der Waals surface area contributed by atoms with Crippen molar-refractivity contribution < 1.29 is 14.3 Å². The van der Waals surface area contributed by atoms with Crippen LogP contribution in [0.1, 0.15) is 5.56 Å². The number of thioether (sulfide) groups is 1. The summed E-state index contributed by atoms with van der Waals surface area (Å²) in [7, 11) is 1.55. The van der Waals surface area contributed by atoms with Crippen molar-refractivity contribution in [2.45, 2.75) is 10.9 Å². The first-order chi connectivity index (χ1) is 17.9. The highest BCUT2D eigenvalue weighted by Crippen LogP contribution is 2.30. The fourth-order valence-electron chi connectivity index (χ4n) is 3.36. The molecule has 4 aromatic rings. The SMILES string of the molecule is [C-]#[N+]c1c(-c2cccc(OC)c2)nc(SCc2cccc(NC(=O)COc3ccc(Cl)cc3)c2)[nH]c1=O. The Morgan fingerprint density at radius 1 is 1.11 bits per heavy atom. The summed E-state index contributed by atoms with van der Waals surface area (Å²) < 4.78 is 10.7. The molecule has 0 aliphatic rings. The molecule has 1 amide bonds. The van der Waals surface area contributed by atoms with Crippen molar-refractivity contribution in [3.63, 3.8) is 0 Å². The van der Waals surface area contributed by atoms with Crippen LogP contribution in [0.15, 0.2) is 82.7 Å². The van der Waals surface area contributed by atoms with E-state index in [0.29, 0.717) is 44.4 Å². The number of nitrogens with zero attached hydrogens (tertiary/aromatic N) is 2. The summed E-state index contributed by atoms with van der Waals surface area (Å²) in [5.74, 6) is 1.32. The van der Waals surface area contributed by atoms with E-state index >= 15 is 0 Å². The molecule has 0 saturated carbocycles. The molecule has 0 fully saturated rings. The van der Waals surface area contributed by atoms with E-state index in [9.17, 15) is 9.59 Å². The smallest absolute Gasteiger partial charge is 0.276 e. The summed E-state index contributed by atoms with van der Waals surface area (Å²) in [5, 5.41) is 3.77. The number of carbonyl (C=O) groups is 1. The highest BCUT2D eigenvalue weighted by molar-refractivity contribution is 7.98. The summed E-state index contributed by atoms with van der Waals surface area (Å²) in [6.45, 7) is 7.28. The Hall–Kier alpha value is -4.26. The van der Waals surface area contributed by atoms with E-state index in [-0.39, 0.29) is 18.2 Å². The van der Waals surface area contributed by atoms with Gasteiger partial charge in [0.05, 0.1) is 19.4 Å². The number of H-pyrrole nitrogens is 1. The van der Waals surface area contributed by atoms with Crippen LogP contribution in [-0.4, -0.2) is 29.6 Å². The zero-order valence-electron chi connectivity index (χ0n) is 19.7. The highest BCUT2D eigenvalue weighted by Gasteiger charge is 2.15. The van der Waals surface area contributed by atoms with Crippen LogP contribution in [0.25, 0.3) is 16.1 Å². The standard InChI is InChI=1S/C27H21ClN4O4S/c1-29-25-24(18-6-4-8-22(14-18)35-2)31-27(32-26(25)34)37-16-17-5-3-7-20(13-17)30-23(33)15-36-21-11-9-19(28)10-12-21/h3-14H,15-16H2,2H3,(H,30,33)(H,31,32,34). The van der Waals surface area contributed by atoms with Gasteiger partial charge in [0.1, 0.15) is 11.5 Å². The number of nitrogens with one attached hydrogen (secondary N) is 2. The molecule has 0 aliphatic carbocycles. The maximum Gasteiger partial charge on any atom is 0.276 e. The molecule has 2 N–H and O–H groups in total. The van der Waals surface area contributed by atoms with Crippen LogP contribution in [-0.2, 0) is 10.5 Å². The molecule has 8 nitrogen and oxygen atoms in total. The number of halogens is 1. The van der Waals surface area contributed by atoms with Crippen molar-refractivity contribution in [3.8, 4) is 22.8 Å². The fraction of sp³-hybridized carbons (Fsp3) is 0.111. The molecule has 0 unspecified atom stereocenters. The van der Waals surface area contributed by atoms with Crippen LogP contribution in [0.3, 0.4) is 0 Å². The van der Waals surface area contributed by atoms with Crippen molar-refractivity contribution in [1.29, 1.82) is 0 Å². The van der Waals surface area contributed by atoms with Gasteiger partial charge in [-0.3, -0.25) is 9.59 Å². The van der Waals surface area contributed by atoms with Gasteiger partial charge in [0, 0.05) is 16.5 Å². The third-order valence-electron chi connectivity index (χ3n) is 5.10. The summed E-state index contributed by atoms with van der Waals surface area (Å²) in [6.07, 6.45) is 0. The van der Waals surface area contributed by atoms with Gasteiger partial charge in [-0.2, -0.15) is 0 Å². The first-order valence-electron chi connectivity index (χ1n) is 11.0. The summed E-state index contributed by atoms with van der Waals surface area (Å²) in [5.41, 5.74) is 1.84. The van der Waals surface area contributed by atoms with Crippen molar-refractivity contribution in [1.82, 2.24) is 9.97 Å². The normalized spacial score (nSPS) is 10.4. The quantitative estimate of drug-likeness (QED) is 0.157. The minimum absolute atomic E-state index is 0.0804. The third-order valence-corrected chi connectivity index (χ3v) is 6.29. The molecule has 0 spiro atoms. The lowest BCUT2D eigenvalue weighted by Gasteiger charge is -2.10. The fourth-order valence-corrected chi connectivity index (χ4v) is 4.29. The number of ether oxygens (including phenoxy) is 2. The molecular formula is C27H21ClN4O4S. The minimum Gasteiger partial charge on any atom is -0.497 e. The van der Waals surface area contributed by atoms with Gasteiger partial charge in [-0.1, -0.05) is 47.6 Å². The van der Waals surface area contributed by atoms with Crippen LogP contribution in [0.4, 0.5) is 11.4 Å². The second-order valence-corrected chi connectivity index (χ2v) is 9.09. The molecular weight excluding hydrogens is 512 g/mol. The Labute approximate surface area is 222 Å². The number of amides is 1. The maximum atomic E-state index is 12.6. The molecule has 3 aromatic carbocycles. The predicted molar refractivity (Wildman–Crippen MR) is 145 cm³/mol. The number of methoxy groups -OCH3 is 1. The van der Waals surface area contributed by atoms with E-state index in [4.69, 9.17) is 27.6 Å². The first kappa shape index (κ1) is 25.8. The largest absolute Gasteiger partial charge is 0.497 e. The average molecular weight is 533 g/mol. The molecule has 1 heterocycles. The lowest BCUT2D eigenvalue weighted by Crippen LogP contribution is -2.20. The van der Waals surface area contributed by atoms with Gasteiger partial charge >= 0.3 is 0 Å². The molecule has 0 bridgehead atoms. The zero-order chi connectivity index (χ0) is 26.2. The van der Waals surface area contributed by atoms with E-state index in [2.05, 4.69) is 20.1 Å². The minimum atomic E-state index is -0.507. The number of hydrogen-bond acceptors (Lipinski definition) is 6. The Kier molecular flexibility index (Phi) is 8.46. The molecule has 0 radical (unpaired) electrons. The third kappa shape index (κ3) is 6.91. The monoisotopic (exact) mass is 532 g/mol. The zero-order valence-corrected chi connectivity index (χ0v) is 21.2. The van der Waals surface area contributed by atoms with E-state index in [1.54, 1.807) is 61.7 Å². The van der Waals surface area contributed by atoms with Crippen molar-refractivity contribution in [2.75, 3.05) is 19.0 Å². The van der Waals surface area contributed by atoms with Gasteiger partial charge in [-0.15, -0.1) is 0 Å². The number of rotatable bonds is 9. The second kappa shape index (κ2) is 12.1. The Balaban J connectivity index is 1.43. The van der Waals surface area contributed by atoms with Crippen LogP contribution < -0.4 is 20.3 Å². The Morgan fingerprint density at radius 2 is 1.89 bits per heavy atom. The van der Waals surface area contributed by atoms with Gasteiger partial charge < -0.3 is 19.8 Å². The molecule has 4 rings (SSSR count). The maximum absolute atomic E-state index is 12.6. The van der Waals surface area contributed by atoms with Crippen LogP contribution in [0.2, 0.25) is 5.02 Å². The molecule has 186 valence electrons. The van der Waals surface area contributed by atoms with E-state index in [1.165, 1.54) is 11.8 Å². The van der Waals surface area contributed by atoms with E-state index < -0.39 is 5.56 Å². The van der Waals surface area contributed by atoms with Gasteiger partial charge in [0.25, 0.3) is 17.2 Å². The number of hydrogen-bond donors (Lipinski definition) is 2. The lowest BCUT2D eigenvalue weighted by atomic mass is 10.1. The van der Waals surface area contributed by atoms with Gasteiger partial charge in [-0.25, -0.2) is 9.83 Å². The molecule has 37 heavy (non-hydrogen) atoms. The molecule has 1 aromatic heterocycles. The van der Waals surface area contributed by atoms with E-state index in [0.717, 1.165) is 5.56 Å². The van der Waals surface area contributed by atoms with Gasteiger partial charge in [0.2, 0.25) is 0 Å². The van der Waals surface area contributed by atoms with Gasteiger partial charge in [0.15, 0.2) is 11.8 Å². The first-order valence-corrected chi connectivity index (χ1v) is 12.4. The number of aromatic amines is 1. The molecule has 0 saturated heterocycles. The van der Waals surface area contributed by atoms with Gasteiger partial charge in [-0.05, 0) is 59.7 Å². The van der Waals surface area contributed by atoms with Crippen molar-refractivity contribution >= 4 is 40.6 Å². The topological polar surface area (TPSA) is 97.7 Å². The lowest BCUT2D eigenvalue weighted by molar-refractivity contribution is -0.118. The highest BCUT2D eigenvalue weighted by atomic mass is 35.5. The number of benzene rings is 3. The number of anilines is 1. The van der Waals surface area contributed by atoms with Crippen LogP contribution in [0.5, 0.6) is 11.5 Å². The van der Waals surface area contributed by atoms with Crippen LogP contribution >= 0.6 is 23.4 Å². The van der Waals surface area contributed by atoms with E-state index in [1.807, 2.05) is 18.2 Å². The van der Waals surface area contributed by atoms with Crippen molar-refractivity contribution in [2.24, 2.45) is 0 Å².